The van der Waals surface area contributed by atoms with E-state index >= 15 is 0 Å². The molecule has 0 aliphatic carbocycles. The molecule has 1 heterocycles. The molecule has 1 aliphatic heterocycles. The molecule has 0 aromatic carbocycles. The number of hydrogen-bond donors (Lipinski definition) is 1. The highest BCUT2D eigenvalue weighted by Crippen LogP contribution is 2.23. The van der Waals surface area contributed by atoms with Crippen LogP contribution in [0, 0.1) is 0 Å². The molecule has 1 rings (SSSR count). The van der Waals surface area contributed by atoms with Gasteiger partial charge in [-0.15, -0.1) is 0 Å². The van der Waals surface area contributed by atoms with E-state index in [-0.39, 0.29) is 12.8 Å². The maximum atomic E-state index is 12.2. The minimum Gasteiger partial charge on any atom is -0.316 e. The largest absolute Gasteiger partial charge is 0.316 e. The van der Waals surface area contributed by atoms with Crippen LogP contribution in [0.3, 0.4) is 0 Å². The fourth-order valence-electron chi connectivity index (χ4n) is 0.793. The first-order valence-corrected chi connectivity index (χ1v) is 4.49. The molecule has 0 bridgehead atoms. The second kappa shape index (κ2) is 6.19. The highest BCUT2D eigenvalue weighted by molar-refractivity contribution is 6.63. The number of hydrogen-bond acceptors (Lipinski definition) is 1. The molecule has 1 fully saturated rings. The molecule has 1 N–H and O–H groups in total. The van der Waals surface area contributed by atoms with E-state index in [9.17, 15) is 8.78 Å². The lowest BCUT2D eigenvalue weighted by Crippen LogP contribution is -2.35. The summed E-state index contributed by atoms with van der Waals surface area (Å²) in [5.74, 6) is -2.38. The zero-order valence-corrected chi connectivity index (χ0v) is 8.49. The van der Waals surface area contributed by atoms with Crippen molar-refractivity contribution in [3.8, 4) is 0 Å². The van der Waals surface area contributed by atoms with Crippen LogP contribution in [0.5, 0.6) is 0 Å². The number of alkyl halides is 5. The van der Waals surface area contributed by atoms with Crippen molar-refractivity contribution in [1.82, 2.24) is 5.32 Å². The molecule has 1 aliphatic rings. The van der Waals surface area contributed by atoms with Gasteiger partial charge in [-0.25, -0.2) is 8.78 Å². The van der Waals surface area contributed by atoms with Gasteiger partial charge in [-0.2, -0.15) is 0 Å². The summed E-state index contributed by atoms with van der Waals surface area (Å²) in [6.07, 6.45) is 0.0139. The van der Waals surface area contributed by atoms with Gasteiger partial charge in [-0.05, 0) is 0 Å². The summed E-state index contributed by atoms with van der Waals surface area (Å²) in [4.78, 5) is 0. The van der Waals surface area contributed by atoms with Gasteiger partial charge in [0.05, 0.1) is 1.37 Å². The third-order valence-electron chi connectivity index (χ3n) is 1.34. The van der Waals surface area contributed by atoms with Gasteiger partial charge in [-0.3, -0.25) is 0 Å². The third kappa shape index (κ3) is 8.78. The van der Waals surface area contributed by atoms with Crippen molar-refractivity contribution in [1.29, 1.82) is 0 Å². The zero-order valence-electron chi connectivity index (χ0n) is 7.22. The lowest BCUT2D eigenvalue weighted by atomic mass is 10.1. The van der Waals surface area contributed by atoms with E-state index in [2.05, 4.69) is 5.32 Å². The van der Waals surface area contributed by atoms with E-state index in [0.717, 1.165) is 0 Å². The molecule has 12 heavy (non-hydrogen) atoms. The quantitative estimate of drug-likeness (QED) is 0.643. The highest BCUT2D eigenvalue weighted by Gasteiger charge is 2.30. The Kier molecular flexibility index (Phi) is 5.56. The Balaban J connectivity index is 0.000000252. The summed E-state index contributed by atoms with van der Waals surface area (Å²) in [7, 11) is 0. The molecule has 6 heteroatoms. The maximum Gasteiger partial charge on any atom is 0.250 e. The number of piperidine rings is 1. The predicted octanol–water partition coefficient (Wildman–Crippen LogP) is 2.99. The maximum absolute atomic E-state index is 12.2. The Bertz CT molecular complexity index is 137. The normalized spacial score (nSPS) is 23.6. The summed E-state index contributed by atoms with van der Waals surface area (Å²) < 4.78 is 28.7. The minimum absolute atomic E-state index is 0.00694. The Hall–Kier alpha value is 0.690. The molecule has 0 aromatic heterocycles. The van der Waals surface area contributed by atoms with Crippen molar-refractivity contribution in [2.24, 2.45) is 0 Å². The topological polar surface area (TPSA) is 12.0 Å². The van der Waals surface area contributed by atoms with Gasteiger partial charge in [-0.1, -0.05) is 34.8 Å². The van der Waals surface area contributed by atoms with Crippen molar-refractivity contribution in [2.45, 2.75) is 23.0 Å². The Labute approximate surface area is 86.8 Å². The summed E-state index contributed by atoms with van der Waals surface area (Å²) in [6.45, 7) is 0.931. The number of halogens is 5. The van der Waals surface area contributed by atoms with Gasteiger partial charge in [0.1, 0.15) is 0 Å². The average Bonchev–Trinajstić information content (AvgIpc) is 1.82. The lowest BCUT2D eigenvalue weighted by molar-refractivity contribution is -0.0274. The highest BCUT2D eigenvalue weighted by atomic mass is 35.6. The molecule has 1 nitrogen and oxygen atoms in total. The van der Waals surface area contributed by atoms with Gasteiger partial charge >= 0.3 is 0 Å². The molecule has 0 saturated carbocycles. The van der Waals surface area contributed by atoms with Gasteiger partial charge in [0.15, 0.2) is 4.27 Å². The van der Waals surface area contributed by atoms with Gasteiger partial charge < -0.3 is 5.32 Å². The molecule has 0 unspecified atom stereocenters. The van der Waals surface area contributed by atoms with Crippen LogP contribution < -0.4 is 5.32 Å². The predicted molar refractivity (Wildman–Crippen MR) is 48.4 cm³/mol. The first-order valence-electron chi connectivity index (χ1n) is 3.86. The van der Waals surface area contributed by atoms with E-state index in [1.807, 2.05) is 0 Å². The van der Waals surface area contributed by atoms with Gasteiger partial charge in [0.25, 0.3) is 5.92 Å². The van der Waals surface area contributed by atoms with E-state index in [1.165, 1.54) is 0 Å². The van der Waals surface area contributed by atoms with Gasteiger partial charge in [0.2, 0.25) is 0 Å². The van der Waals surface area contributed by atoms with Crippen molar-refractivity contribution < 1.29 is 10.2 Å². The number of rotatable bonds is 0. The fourth-order valence-corrected chi connectivity index (χ4v) is 0.793. The van der Waals surface area contributed by atoms with Crippen LogP contribution >= 0.6 is 34.8 Å². The fraction of sp³-hybridized carbons (Fsp3) is 1.00. The summed E-state index contributed by atoms with van der Waals surface area (Å²) >= 11 is 14.2. The molecule has 1 saturated heterocycles. The smallest absolute Gasteiger partial charge is 0.250 e. The average molecular weight is 242 g/mol. The lowest BCUT2D eigenvalue weighted by Gasteiger charge is -2.21. The van der Waals surface area contributed by atoms with Crippen LogP contribution in [0.2, 0.25) is 0 Å². The molecule has 0 atom stereocenters. The third-order valence-corrected chi connectivity index (χ3v) is 1.34. The van der Waals surface area contributed by atoms with E-state index < -0.39 is 10.2 Å². The van der Waals surface area contributed by atoms with Crippen molar-refractivity contribution in [2.75, 3.05) is 13.1 Å². The summed E-state index contributed by atoms with van der Waals surface area (Å²) in [5, 5.41) is 2.86. The molecule has 74 valence electrons. The summed E-state index contributed by atoms with van der Waals surface area (Å²) in [5.41, 5.74) is 0. The molecule has 0 amide bonds. The SMILES string of the molecule is FC1(F)CCNCC1.[2H]C(Cl)(Cl)Cl. The van der Waals surface area contributed by atoms with Gasteiger partial charge in [0, 0.05) is 25.9 Å². The van der Waals surface area contributed by atoms with Crippen LogP contribution in [0.4, 0.5) is 8.78 Å². The van der Waals surface area contributed by atoms with Crippen LogP contribution in [0.15, 0.2) is 0 Å². The van der Waals surface area contributed by atoms with Crippen molar-refractivity contribution >= 4 is 34.8 Å². The Morgan fingerprint density at radius 1 is 1.25 bits per heavy atom. The van der Waals surface area contributed by atoms with E-state index in [1.54, 1.807) is 0 Å². The van der Waals surface area contributed by atoms with Crippen LogP contribution in [-0.2, 0) is 0 Å². The molecular weight excluding hydrogens is 230 g/mol. The first kappa shape index (κ1) is 10.8. The molecule has 0 aromatic rings. The standard InChI is InChI=1S/C5H9F2N.CHCl3/c6-5(7)1-3-8-4-2-5;2-1(3)4/h8H,1-4H2;1H/i;1D. The molecule has 0 radical (unpaired) electrons. The molecular formula is C6H10Cl3F2N. The Morgan fingerprint density at radius 3 is 1.75 bits per heavy atom. The van der Waals surface area contributed by atoms with E-state index in [4.69, 9.17) is 36.2 Å². The van der Waals surface area contributed by atoms with Crippen LogP contribution in [0.25, 0.3) is 0 Å². The van der Waals surface area contributed by atoms with Crippen LogP contribution in [-0.4, -0.2) is 23.3 Å². The Morgan fingerprint density at radius 2 is 1.58 bits per heavy atom. The second-order valence-electron chi connectivity index (χ2n) is 2.32. The monoisotopic (exact) mass is 240 g/mol. The molecule has 0 spiro atoms. The summed E-state index contributed by atoms with van der Waals surface area (Å²) in [6, 6.07) is 0. The number of nitrogens with one attached hydrogen (secondary N) is 1. The van der Waals surface area contributed by atoms with Crippen molar-refractivity contribution in [3.05, 3.63) is 0 Å². The zero-order chi connectivity index (χ0) is 10.5. The van der Waals surface area contributed by atoms with E-state index in [0.29, 0.717) is 13.1 Å². The van der Waals surface area contributed by atoms with Crippen molar-refractivity contribution in [3.63, 3.8) is 0 Å². The minimum atomic E-state index is -2.38. The van der Waals surface area contributed by atoms with Crippen LogP contribution in [0.1, 0.15) is 14.2 Å². The first-order chi connectivity index (χ1) is 5.71. The second-order valence-corrected chi connectivity index (χ2v) is 4.03.